The minimum absolute atomic E-state index is 0.0631. The number of carbonyl (C=O) groups excluding carboxylic acids is 1. The van der Waals surface area contributed by atoms with Gasteiger partial charge in [-0.2, -0.15) is 0 Å². The molecule has 1 N–H and O–H groups in total. The van der Waals surface area contributed by atoms with E-state index in [1.165, 1.54) is 7.11 Å². The summed E-state index contributed by atoms with van der Waals surface area (Å²) in [6, 6.07) is 0. The Labute approximate surface area is 52.8 Å². The maximum absolute atomic E-state index is 10.3. The van der Waals surface area contributed by atoms with Crippen LogP contribution in [-0.4, -0.2) is 25.3 Å². The molecule has 0 saturated carbocycles. The first kappa shape index (κ1) is 7.78. The van der Waals surface area contributed by atoms with Crippen LogP contribution in [0.15, 0.2) is 0 Å². The van der Waals surface area contributed by atoms with Crippen molar-refractivity contribution in [1.29, 1.82) is 0 Å². The first-order valence-electron chi connectivity index (χ1n) is 2.12. The third-order valence-electron chi connectivity index (χ3n) is 0.546. The van der Waals surface area contributed by atoms with Crippen LogP contribution in [0.1, 0.15) is 0 Å². The van der Waals surface area contributed by atoms with Crippen molar-refractivity contribution < 1.29 is 9.53 Å². The molecule has 48 valence electrons. The van der Waals surface area contributed by atoms with Crippen molar-refractivity contribution in [3.8, 4) is 0 Å². The van der Waals surface area contributed by atoms with E-state index in [0.29, 0.717) is 6.73 Å². The van der Waals surface area contributed by atoms with Gasteiger partial charge in [-0.05, 0) is 6.26 Å². The van der Waals surface area contributed by atoms with E-state index in [0.717, 1.165) is 11.8 Å². The summed E-state index contributed by atoms with van der Waals surface area (Å²) in [6.07, 6.45) is 1.71. The molecule has 0 radical (unpaired) electrons. The van der Waals surface area contributed by atoms with Crippen molar-refractivity contribution in [2.75, 3.05) is 20.1 Å². The summed E-state index contributed by atoms with van der Waals surface area (Å²) < 4.78 is 4.57. The third-order valence-corrected chi connectivity index (χ3v) is 1.06. The zero-order valence-corrected chi connectivity index (χ0v) is 5.75. The van der Waals surface area contributed by atoms with Crippen LogP contribution in [0.3, 0.4) is 0 Å². The second-order valence-electron chi connectivity index (χ2n) is 1.10. The van der Waals surface area contributed by atoms with Gasteiger partial charge in [0, 0.05) is 7.11 Å². The Hall–Kier alpha value is -0.220. The number of amides is 1. The Kier molecular flexibility index (Phi) is 4.79. The lowest BCUT2D eigenvalue weighted by Gasteiger charge is -1.97. The van der Waals surface area contributed by atoms with Crippen LogP contribution in [0.2, 0.25) is 0 Å². The van der Waals surface area contributed by atoms with Crippen molar-refractivity contribution in [2.45, 2.75) is 0 Å². The standard InChI is InChI=1S/C4H9NO2S/c1-7-3-5-4(6)8-2/h3H2,1-2H3,(H,5,6). The van der Waals surface area contributed by atoms with Crippen LogP contribution in [0.25, 0.3) is 0 Å². The summed E-state index contributed by atoms with van der Waals surface area (Å²) in [7, 11) is 1.53. The monoisotopic (exact) mass is 135 g/mol. The fourth-order valence-corrected chi connectivity index (χ4v) is 0.407. The molecule has 0 bridgehead atoms. The Bertz CT molecular complexity index is 76.4. The van der Waals surface area contributed by atoms with Crippen LogP contribution in [0.5, 0.6) is 0 Å². The van der Waals surface area contributed by atoms with E-state index >= 15 is 0 Å². The lowest BCUT2D eigenvalue weighted by molar-refractivity contribution is 0.180. The van der Waals surface area contributed by atoms with E-state index in [1.54, 1.807) is 6.26 Å². The van der Waals surface area contributed by atoms with Crippen LogP contribution < -0.4 is 5.32 Å². The van der Waals surface area contributed by atoms with Gasteiger partial charge in [0.1, 0.15) is 6.73 Å². The normalized spacial score (nSPS) is 8.75. The molecule has 0 aliphatic heterocycles. The minimum atomic E-state index is -0.0631. The van der Waals surface area contributed by atoms with Crippen LogP contribution in [0.4, 0.5) is 4.79 Å². The van der Waals surface area contributed by atoms with Crippen LogP contribution in [-0.2, 0) is 4.74 Å². The molecular formula is C4H9NO2S. The SMILES string of the molecule is COCNC(=O)SC. The van der Waals surface area contributed by atoms with E-state index in [1.807, 2.05) is 0 Å². The van der Waals surface area contributed by atoms with Crippen molar-refractivity contribution in [3.05, 3.63) is 0 Å². The van der Waals surface area contributed by atoms with E-state index < -0.39 is 0 Å². The second kappa shape index (κ2) is 4.93. The summed E-state index contributed by atoms with van der Waals surface area (Å²) in [4.78, 5) is 10.3. The van der Waals surface area contributed by atoms with E-state index in [4.69, 9.17) is 0 Å². The highest BCUT2D eigenvalue weighted by atomic mass is 32.2. The van der Waals surface area contributed by atoms with Gasteiger partial charge in [0.05, 0.1) is 0 Å². The maximum atomic E-state index is 10.3. The molecule has 0 aromatic carbocycles. The summed E-state index contributed by atoms with van der Waals surface area (Å²) in [5.74, 6) is 0. The van der Waals surface area contributed by atoms with Gasteiger partial charge in [-0.3, -0.25) is 4.79 Å². The molecular weight excluding hydrogens is 126 g/mol. The fraction of sp³-hybridized carbons (Fsp3) is 0.750. The van der Waals surface area contributed by atoms with Gasteiger partial charge in [0.25, 0.3) is 5.24 Å². The Balaban J connectivity index is 2.99. The summed E-state index contributed by atoms with van der Waals surface area (Å²) in [6.45, 7) is 0.291. The maximum Gasteiger partial charge on any atom is 0.280 e. The molecule has 4 heteroatoms. The Morgan fingerprint density at radius 3 is 2.88 bits per heavy atom. The number of rotatable bonds is 2. The first-order chi connectivity index (χ1) is 3.81. The number of hydrogen-bond donors (Lipinski definition) is 1. The van der Waals surface area contributed by atoms with Crippen molar-refractivity contribution >= 4 is 17.0 Å². The predicted molar refractivity (Wildman–Crippen MR) is 33.9 cm³/mol. The van der Waals surface area contributed by atoms with Gasteiger partial charge in [-0.25, -0.2) is 0 Å². The topological polar surface area (TPSA) is 38.3 Å². The number of thioether (sulfide) groups is 1. The third kappa shape index (κ3) is 3.95. The average molecular weight is 135 g/mol. The number of methoxy groups -OCH3 is 1. The van der Waals surface area contributed by atoms with Crippen LogP contribution >= 0.6 is 11.8 Å². The molecule has 1 amide bonds. The van der Waals surface area contributed by atoms with E-state index in [9.17, 15) is 4.79 Å². The molecule has 0 saturated heterocycles. The van der Waals surface area contributed by atoms with Crippen molar-refractivity contribution in [3.63, 3.8) is 0 Å². The van der Waals surface area contributed by atoms with Gasteiger partial charge in [-0.15, -0.1) is 0 Å². The zero-order valence-electron chi connectivity index (χ0n) is 4.93. The summed E-state index contributed by atoms with van der Waals surface area (Å²) in [5.41, 5.74) is 0. The highest BCUT2D eigenvalue weighted by Gasteiger charge is 1.91. The second-order valence-corrected chi connectivity index (χ2v) is 1.88. The predicted octanol–water partition coefficient (Wildman–Crippen LogP) is 0.663. The lowest BCUT2D eigenvalue weighted by atomic mass is 11.1. The van der Waals surface area contributed by atoms with Gasteiger partial charge < -0.3 is 10.1 Å². The van der Waals surface area contributed by atoms with Gasteiger partial charge in [0.2, 0.25) is 0 Å². The quantitative estimate of drug-likeness (QED) is 0.565. The smallest absolute Gasteiger partial charge is 0.280 e. The van der Waals surface area contributed by atoms with Gasteiger partial charge in [0.15, 0.2) is 0 Å². The largest absolute Gasteiger partial charge is 0.364 e. The molecule has 3 nitrogen and oxygen atoms in total. The molecule has 8 heavy (non-hydrogen) atoms. The van der Waals surface area contributed by atoms with Gasteiger partial charge >= 0.3 is 0 Å². The average Bonchev–Trinajstić information content (AvgIpc) is 1.83. The molecule has 0 aliphatic rings. The van der Waals surface area contributed by atoms with Crippen LogP contribution in [0, 0.1) is 0 Å². The molecule has 0 spiro atoms. The molecule has 0 heterocycles. The number of nitrogens with one attached hydrogen (secondary N) is 1. The van der Waals surface area contributed by atoms with E-state index in [-0.39, 0.29) is 5.24 Å². The summed E-state index contributed by atoms with van der Waals surface area (Å²) in [5, 5.41) is 2.42. The number of hydrogen-bond acceptors (Lipinski definition) is 3. The molecule has 0 aromatic heterocycles. The fourth-order valence-electron chi connectivity index (χ4n) is 0.203. The molecule has 0 unspecified atom stereocenters. The molecule has 0 aromatic rings. The zero-order chi connectivity index (χ0) is 6.41. The Morgan fingerprint density at radius 2 is 2.50 bits per heavy atom. The lowest BCUT2D eigenvalue weighted by Crippen LogP contribution is -2.20. The number of ether oxygens (including phenoxy) is 1. The molecule has 0 rings (SSSR count). The highest BCUT2D eigenvalue weighted by molar-refractivity contribution is 8.12. The number of carbonyl (C=O) groups is 1. The van der Waals surface area contributed by atoms with Crippen molar-refractivity contribution in [2.24, 2.45) is 0 Å². The van der Waals surface area contributed by atoms with Crippen molar-refractivity contribution in [1.82, 2.24) is 5.32 Å². The Morgan fingerprint density at radius 1 is 1.88 bits per heavy atom. The molecule has 0 aliphatic carbocycles. The highest BCUT2D eigenvalue weighted by Crippen LogP contribution is 1.90. The first-order valence-corrected chi connectivity index (χ1v) is 3.34. The minimum Gasteiger partial charge on any atom is -0.364 e. The molecule has 0 fully saturated rings. The van der Waals surface area contributed by atoms with Gasteiger partial charge in [-0.1, -0.05) is 11.8 Å². The molecule has 0 atom stereocenters. The summed E-state index contributed by atoms with van der Waals surface area (Å²) >= 11 is 1.13. The van der Waals surface area contributed by atoms with E-state index in [2.05, 4.69) is 10.1 Å².